The second kappa shape index (κ2) is 16.5. The molecule has 0 heterocycles. The molecule has 1 aromatic rings. The van der Waals surface area contributed by atoms with Crippen molar-refractivity contribution in [2.45, 2.75) is 95.3 Å². The first-order valence-electron chi connectivity index (χ1n) is 9.77. The number of rotatable bonds is 14. The highest BCUT2D eigenvalue weighted by Gasteiger charge is 2.08. The van der Waals surface area contributed by atoms with Gasteiger partial charge in [0, 0.05) is 0 Å². The third kappa shape index (κ3) is 13.6. The minimum atomic E-state index is -4.07. The van der Waals surface area contributed by atoms with Crippen molar-refractivity contribution in [3.05, 3.63) is 29.8 Å². The second-order valence-corrected chi connectivity index (χ2v) is 8.18. The molecule has 152 valence electrons. The van der Waals surface area contributed by atoms with Crippen LogP contribution in [0.4, 0.5) is 0 Å². The summed E-state index contributed by atoms with van der Waals surface area (Å²) < 4.78 is 37.4. The van der Waals surface area contributed by atoms with Crippen LogP contribution in [0.3, 0.4) is 0 Å². The summed E-state index contributed by atoms with van der Waals surface area (Å²) in [5.41, 5.74) is 1.13. The fourth-order valence-corrected chi connectivity index (χ4v) is 3.48. The molecule has 0 radical (unpaired) electrons. The normalized spacial score (nSPS) is 11.1. The molecule has 1 aromatic carbocycles. The molecule has 0 aliphatic carbocycles. The Balaban J connectivity index is 0.00000301. The standard InChI is InChI=1S/C20H34O3S.ClHO/c1-2-3-4-5-6-7-8-9-10-11-12-13-14-19-15-17-20(18-16-19)24(21,22)23;1-2/h15-18H,2-14H2,1H3,(H,21,22,23);2H. The predicted molar refractivity (Wildman–Crippen MR) is 109 cm³/mol. The van der Waals surface area contributed by atoms with Gasteiger partial charge >= 0.3 is 0 Å². The minimum Gasteiger partial charge on any atom is -0.295 e. The minimum absolute atomic E-state index is 0.0269. The smallest absolute Gasteiger partial charge is 0.294 e. The van der Waals surface area contributed by atoms with E-state index in [9.17, 15) is 8.42 Å². The van der Waals surface area contributed by atoms with Gasteiger partial charge in [0.05, 0.1) is 16.8 Å². The first-order valence-corrected chi connectivity index (χ1v) is 11.5. The van der Waals surface area contributed by atoms with Gasteiger partial charge in [-0.1, -0.05) is 89.7 Å². The zero-order valence-corrected chi connectivity index (χ0v) is 17.6. The summed E-state index contributed by atoms with van der Waals surface area (Å²) >= 11 is 3.64. The van der Waals surface area contributed by atoms with E-state index in [2.05, 4.69) is 18.8 Å². The van der Waals surface area contributed by atoms with E-state index >= 15 is 0 Å². The first kappa shape index (κ1) is 25.4. The molecule has 6 heteroatoms. The number of hydrogen-bond acceptors (Lipinski definition) is 3. The van der Waals surface area contributed by atoms with E-state index in [1.165, 1.54) is 82.8 Å². The van der Waals surface area contributed by atoms with Gasteiger partial charge in [-0.15, -0.1) is 0 Å². The van der Waals surface area contributed by atoms with Crippen molar-refractivity contribution in [3.63, 3.8) is 0 Å². The van der Waals surface area contributed by atoms with Gasteiger partial charge in [0.1, 0.15) is 0 Å². The Hall–Kier alpha value is -0.620. The lowest BCUT2D eigenvalue weighted by Gasteiger charge is -2.04. The van der Waals surface area contributed by atoms with Crippen molar-refractivity contribution in [3.8, 4) is 0 Å². The van der Waals surface area contributed by atoms with Crippen LogP contribution in [0.5, 0.6) is 0 Å². The highest BCUT2D eigenvalue weighted by Crippen LogP contribution is 2.15. The molecule has 0 amide bonds. The zero-order chi connectivity index (χ0) is 19.7. The molecular weight excluding hydrogens is 372 g/mol. The molecule has 0 unspecified atom stereocenters. The Morgan fingerprint density at radius 1 is 0.731 bits per heavy atom. The lowest BCUT2D eigenvalue weighted by Crippen LogP contribution is -1.98. The summed E-state index contributed by atoms with van der Waals surface area (Å²) in [5.74, 6) is 0. The maximum Gasteiger partial charge on any atom is 0.294 e. The fourth-order valence-electron chi connectivity index (χ4n) is 3.00. The number of halogens is 1. The molecule has 0 spiro atoms. The molecule has 0 saturated heterocycles. The van der Waals surface area contributed by atoms with Gasteiger partial charge in [-0.3, -0.25) is 9.21 Å². The average Bonchev–Trinajstić information content (AvgIpc) is 2.64. The first-order chi connectivity index (χ1) is 12.5. The zero-order valence-electron chi connectivity index (χ0n) is 16.0. The van der Waals surface area contributed by atoms with Gasteiger partial charge in [-0.05, 0) is 30.5 Å². The Morgan fingerprint density at radius 3 is 1.50 bits per heavy atom. The SMILES string of the molecule is CCCCCCCCCCCCCCc1ccc(S(=O)(=O)O)cc1.OCl. The van der Waals surface area contributed by atoms with Crippen LogP contribution in [0.25, 0.3) is 0 Å². The van der Waals surface area contributed by atoms with E-state index in [4.69, 9.17) is 9.21 Å². The quantitative estimate of drug-likeness (QED) is 0.280. The maximum atomic E-state index is 11.0. The lowest BCUT2D eigenvalue weighted by atomic mass is 10.0. The molecule has 2 N–H and O–H groups in total. The van der Waals surface area contributed by atoms with Crippen LogP contribution < -0.4 is 0 Å². The summed E-state index contributed by atoms with van der Waals surface area (Å²) in [4.78, 5) is -0.0269. The monoisotopic (exact) mass is 406 g/mol. The summed E-state index contributed by atoms with van der Waals surface area (Å²) in [6.07, 6.45) is 17.0. The van der Waals surface area contributed by atoms with Crippen LogP contribution >= 0.6 is 11.9 Å². The van der Waals surface area contributed by atoms with Crippen molar-refractivity contribution in [1.29, 1.82) is 0 Å². The van der Waals surface area contributed by atoms with E-state index in [0.717, 1.165) is 18.4 Å². The highest BCUT2D eigenvalue weighted by atomic mass is 35.5. The highest BCUT2D eigenvalue weighted by molar-refractivity contribution is 7.85. The summed E-state index contributed by atoms with van der Waals surface area (Å²) in [6.45, 7) is 2.26. The molecule has 0 fully saturated rings. The summed E-state index contributed by atoms with van der Waals surface area (Å²) in [5, 5.41) is 0. The number of hydrogen-bond donors (Lipinski definition) is 2. The van der Waals surface area contributed by atoms with E-state index in [-0.39, 0.29) is 4.90 Å². The van der Waals surface area contributed by atoms with Crippen LogP contribution in [-0.4, -0.2) is 17.6 Å². The van der Waals surface area contributed by atoms with Crippen molar-refractivity contribution >= 4 is 22.0 Å². The summed E-state index contributed by atoms with van der Waals surface area (Å²) in [6, 6.07) is 6.54. The van der Waals surface area contributed by atoms with Crippen LogP contribution in [0, 0.1) is 0 Å². The van der Waals surface area contributed by atoms with Gasteiger partial charge in [-0.2, -0.15) is 8.42 Å². The van der Waals surface area contributed by atoms with E-state index < -0.39 is 10.1 Å². The topological polar surface area (TPSA) is 74.6 Å². The van der Waals surface area contributed by atoms with Gasteiger partial charge in [0.15, 0.2) is 0 Å². The summed E-state index contributed by atoms with van der Waals surface area (Å²) in [7, 11) is -4.07. The lowest BCUT2D eigenvalue weighted by molar-refractivity contribution is 0.483. The second-order valence-electron chi connectivity index (χ2n) is 6.76. The molecular formula is C20H35ClO4S. The molecule has 0 atom stereocenters. The number of unbranched alkanes of at least 4 members (excludes halogenated alkanes) is 11. The van der Waals surface area contributed by atoms with Crippen LogP contribution in [-0.2, 0) is 16.5 Å². The average molecular weight is 407 g/mol. The largest absolute Gasteiger partial charge is 0.295 e. The van der Waals surface area contributed by atoms with Crippen molar-refractivity contribution in [1.82, 2.24) is 0 Å². The maximum absolute atomic E-state index is 11.0. The van der Waals surface area contributed by atoms with Crippen LogP contribution in [0.2, 0.25) is 0 Å². The molecule has 0 aliphatic heterocycles. The molecule has 0 saturated carbocycles. The molecule has 26 heavy (non-hydrogen) atoms. The third-order valence-electron chi connectivity index (χ3n) is 4.54. The molecule has 4 nitrogen and oxygen atoms in total. The van der Waals surface area contributed by atoms with Crippen LogP contribution in [0.1, 0.15) is 89.5 Å². The molecule has 0 aromatic heterocycles. The molecule has 0 aliphatic rings. The van der Waals surface area contributed by atoms with Gasteiger partial charge in [0.25, 0.3) is 10.1 Å². The van der Waals surface area contributed by atoms with Gasteiger partial charge < -0.3 is 0 Å². The van der Waals surface area contributed by atoms with Crippen molar-refractivity contribution in [2.24, 2.45) is 0 Å². The Bertz CT molecular complexity index is 529. The third-order valence-corrected chi connectivity index (χ3v) is 5.41. The van der Waals surface area contributed by atoms with Crippen LogP contribution in [0.15, 0.2) is 29.2 Å². The Labute approximate surface area is 164 Å². The van der Waals surface area contributed by atoms with E-state index in [1.807, 2.05) is 0 Å². The number of benzene rings is 1. The fraction of sp³-hybridized carbons (Fsp3) is 0.700. The number of aryl methyl sites for hydroxylation is 1. The van der Waals surface area contributed by atoms with Gasteiger partial charge in [0.2, 0.25) is 0 Å². The Kier molecular flexibility index (Phi) is 16.2. The molecule has 0 bridgehead atoms. The Morgan fingerprint density at radius 2 is 1.12 bits per heavy atom. The molecule has 1 rings (SSSR count). The van der Waals surface area contributed by atoms with Crippen molar-refractivity contribution < 1.29 is 17.6 Å². The van der Waals surface area contributed by atoms with E-state index in [1.54, 1.807) is 12.1 Å². The van der Waals surface area contributed by atoms with Crippen molar-refractivity contribution in [2.75, 3.05) is 0 Å². The van der Waals surface area contributed by atoms with Gasteiger partial charge in [-0.25, -0.2) is 0 Å². The predicted octanol–water partition coefficient (Wildman–Crippen LogP) is 6.31. The van der Waals surface area contributed by atoms with E-state index in [0.29, 0.717) is 0 Å².